The molecule has 0 bridgehead atoms. The second-order valence-corrected chi connectivity index (χ2v) is 94.0. The normalized spacial score (nSPS) is 15.7. The van der Waals surface area contributed by atoms with Crippen LogP contribution in [-0.2, 0) is 0 Å². The van der Waals surface area contributed by atoms with Gasteiger partial charge in [0.25, 0.3) is 0 Å². The Morgan fingerprint density at radius 2 is 0.600 bits per heavy atom. The first-order valence-electron chi connectivity index (χ1n) is 17.7. The van der Waals surface area contributed by atoms with E-state index in [2.05, 4.69) is 169 Å². The van der Waals surface area contributed by atoms with Crippen LogP contribution in [0.2, 0.25) is 161 Å². The number of benzene rings is 1. The molecule has 0 fully saturated rings. The molecule has 1 aromatic carbocycles. The van der Waals surface area contributed by atoms with E-state index in [1.54, 1.807) is 5.56 Å². The van der Waals surface area contributed by atoms with Gasteiger partial charge in [0.05, 0.1) is 0 Å². The third-order valence-electron chi connectivity index (χ3n) is 9.80. The Bertz CT molecular complexity index is 1070. The second-order valence-electron chi connectivity index (χ2n) is 23.4. The van der Waals surface area contributed by atoms with Crippen molar-refractivity contribution < 1.29 is 0 Å². The Morgan fingerprint density at radius 1 is 0.378 bits per heavy atom. The van der Waals surface area contributed by atoms with Gasteiger partial charge in [0, 0.05) is 0 Å². The van der Waals surface area contributed by atoms with E-state index < -0.39 is 74.2 Å². The molecule has 0 aliphatic carbocycles. The van der Waals surface area contributed by atoms with Gasteiger partial charge in [-0.15, -0.1) is 0 Å². The molecule has 0 aliphatic rings. The molecule has 11 heteroatoms. The molecule has 0 spiro atoms. The van der Waals surface area contributed by atoms with Gasteiger partial charge in [0.1, 0.15) is 0 Å². The first-order chi connectivity index (χ1) is 19.2. The molecule has 264 valence electrons. The molecule has 0 aromatic heterocycles. The first kappa shape index (κ1) is 45.5. The van der Waals surface area contributed by atoms with Crippen molar-refractivity contribution in [2.75, 3.05) is 0 Å². The van der Waals surface area contributed by atoms with Gasteiger partial charge >= 0.3 is 312 Å². The van der Waals surface area contributed by atoms with Crippen molar-refractivity contribution in [3.05, 3.63) is 28.8 Å². The summed E-state index contributed by atoms with van der Waals surface area (Å²) in [7, 11) is -15.4. The van der Waals surface area contributed by atoms with Gasteiger partial charge in [-0.1, -0.05) is 0 Å². The Labute approximate surface area is 309 Å². The Hall–Kier alpha value is 2.46. The van der Waals surface area contributed by atoms with E-state index in [1.165, 1.54) is 0 Å². The van der Waals surface area contributed by atoms with Gasteiger partial charge in [0.15, 0.2) is 0 Å². The molecular weight excluding hydrogens is 865 g/mol. The zero-order valence-corrected chi connectivity index (χ0v) is 48.0. The topological polar surface area (TPSA) is 0 Å². The predicted molar refractivity (Wildman–Crippen MR) is 248 cm³/mol. The summed E-state index contributed by atoms with van der Waals surface area (Å²) < 4.78 is 2.74. The minimum atomic E-state index is -3.03. The summed E-state index contributed by atoms with van der Waals surface area (Å²) in [5.41, 5.74) is 5.49. The molecule has 0 aliphatic heterocycles. The minimum absolute atomic E-state index is 0.746. The predicted octanol–water partition coefficient (Wildman–Crippen LogP) is 13.8. The molecule has 0 radical (unpaired) electrons. The van der Waals surface area contributed by atoms with Crippen LogP contribution in [0.15, 0.2) is 12.1 Å². The number of hydrogen-bond acceptors (Lipinski definition) is 0. The van der Waals surface area contributed by atoms with Gasteiger partial charge < -0.3 is 0 Å². The molecule has 0 heterocycles. The molecule has 0 saturated heterocycles. The zero-order valence-electron chi connectivity index (χ0n) is 34.7. The number of hydrogen-bond donors (Lipinski definition) is 0. The molecule has 1 rings (SSSR count). The van der Waals surface area contributed by atoms with E-state index in [-0.39, 0.29) is 0 Å². The molecule has 0 saturated carbocycles. The van der Waals surface area contributed by atoms with Crippen LogP contribution in [0.4, 0.5) is 0 Å². The van der Waals surface area contributed by atoms with E-state index in [0.29, 0.717) is 0 Å². The summed E-state index contributed by atoms with van der Waals surface area (Å²) in [6.07, 6.45) is 0. The van der Waals surface area contributed by atoms with E-state index in [9.17, 15) is 0 Å². The van der Waals surface area contributed by atoms with E-state index in [0.717, 1.165) is 19.5 Å². The van der Waals surface area contributed by atoms with Crippen LogP contribution in [0, 0.1) is 0 Å². The van der Waals surface area contributed by atoms with Crippen molar-refractivity contribution in [1.29, 1.82) is 0 Å². The van der Waals surface area contributed by atoms with Crippen LogP contribution in [0.3, 0.4) is 0 Å². The van der Waals surface area contributed by atoms with Gasteiger partial charge in [-0.25, -0.2) is 0 Å². The van der Waals surface area contributed by atoms with E-state index >= 15 is 0 Å². The molecule has 0 amide bonds. The fraction of sp³-hybridized carbons (Fsp3) is 0.824. The van der Waals surface area contributed by atoms with Gasteiger partial charge in [-0.3, -0.25) is 0 Å². The third kappa shape index (κ3) is 11.2. The Kier molecular flexibility index (Phi) is 14.3. The molecule has 0 unspecified atom stereocenters. The summed E-state index contributed by atoms with van der Waals surface area (Å²) >= 11 is 9.85. The second kappa shape index (κ2) is 14.1. The van der Waals surface area contributed by atoms with Gasteiger partial charge in [-0.2, -0.15) is 0 Å². The van der Waals surface area contributed by atoms with Crippen LogP contribution in [0.1, 0.15) is 32.2 Å². The van der Waals surface area contributed by atoms with Crippen LogP contribution in [0.5, 0.6) is 0 Å². The summed E-state index contributed by atoms with van der Waals surface area (Å²) in [6, 6.07) is 5.86. The monoisotopic (exact) mass is 942 g/mol. The van der Waals surface area contributed by atoms with Crippen LogP contribution < -0.4 is 4.40 Å². The van der Waals surface area contributed by atoms with Crippen molar-refractivity contribution in [2.24, 2.45) is 0 Å². The van der Waals surface area contributed by atoms with E-state index in [4.69, 9.17) is 28.0 Å². The Balaban J connectivity index is 5.03. The summed E-state index contributed by atoms with van der Waals surface area (Å²) in [5.74, 6) is 0. The summed E-state index contributed by atoms with van der Waals surface area (Å²) in [4.78, 5) is 0. The van der Waals surface area contributed by atoms with Crippen molar-refractivity contribution >= 4 is 107 Å². The summed E-state index contributed by atoms with van der Waals surface area (Å²) in [6.45, 7) is 64.7. The average molecular weight is 944 g/mol. The van der Waals surface area contributed by atoms with Crippen molar-refractivity contribution in [3.63, 3.8) is 0 Å². The molecule has 0 atom stereocenters. The first-order valence-corrected chi connectivity index (χ1v) is 58.5. The van der Waals surface area contributed by atoms with Gasteiger partial charge in [0.2, 0.25) is 0 Å². The molecule has 0 nitrogen and oxygen atoms in total. The average Bonchev–Trinajstić information content (AvgIpc) is 2.56. The van der Waals surface area contributed by atoms with Crippen molar-refractivity contribution in [2.45, 2.75) is 177 Å². The van der Waals surface area contributed by atoms with Crippen LogP contribution in [-0.4, -0.2) is 74.2 Å². The third-order valence-corrected chi connectivity index (χ3v) is 83.5. The number of halogens is 2. The SMILES string of the molecule is C[Si](C)(C)C(c1cc(C([Si](C)(C)C)[Si](C)(C)C)[c]([Ge]([Br])([Br])[CH]([Si](C)(C)C)[Si](C)(C)C)c(C([Si](C)(C)C)[Si](C)(C)C)c1)[Si](C)(C)C. The van der Waals surface area contributed by atoms with Crippen LogP contribution in [0.25, 0.3) is 0 Å². The molecule has 0 N–H and O–H groups in total. The maximum atomic E-state index is 4.93. The van der Waals surface area contributed by atoms with E-state index in [1.807, 2.05) is 15.5 Å². The Morgan fingerprint density at radius 3 is 0.778 bits per heavy atom. The maximum absolute atomic E-state index is 4.93. The number of rotatable bonds is 13. The quantitative estimate of drug-likeness (QED) is 0.173. The standard InChI is InChI=1S/C34H78Br2GeSi8/c1-38(2,3)31(39(4,5)6)27-25-28(32(40(7,8)9)41(10,11)12)30(29(26-27)33(42(13,14)15)43(16,17)18)37(35,36)34(44(19,20)21)45(22,23)24/h25-26,31-34H,1-24H3. The fourth-order valence-corrected chi connectivity index (χ4v) is 129. The molecule has 1 aromatic rings. The van der Waals surface area contributed by atoms with Crippen molar-refractivity contribution in [1.82, 2.24) is 0 Å². The molecule has 45 heavy (non-hydrogen) atoms. The van der Waals surface area contributed by atoms with Gasteiger partial charge in [-0.05, 0) is 0 Å². The zero-order chi connectivity index (χ0) is 36.5. The molecular formula is C34H78Br2GeSi8. The summed E-state index contributed by atoms with van der Waals surface area (Å²) in [5, 5.41) is 2.26. The fourth-order valence-electron chi connectivity index (χ4n) is 11.0. The van der Waals surface area contributed by atoms with Crippen LogP contribution >= 0.6 is 28.0 Å². The van der Waals surface area contributed by atoms with Crippen molar-refractivity contribution in [3.8, 4) is 0 Å².